The second-order valence-corrected chi connectivity index (χ2v) is 8.67. The first-order valence-electron chi connectivity index (χ1n) is 10.8. The molecule has 0 radical (unpaired) electrons. The van der Waals surface area contributed by atoms with Crippen LogP contribution in [-0.2, 0) is 10.3 Å². The van der Waals surface area contributed by atoms with Crippen molar-refractivity contribution in [3.05, 3.63) is 69.5 Å². The highest BCUT2D eigenvalue weighted by atomic mass is 79.9. The zero-order valence-corrected chi connectivity index (χ0v) is 19.5. The van der Waals surface area contributed by atoms with Gasteiger partial charge in [-0.2, -0.15) is 5.26 Å². The highest BCUT2D eigenvalue weighted by molar-refractivity contribution is 9.10. The molecule has 1 aliphatic carbocycles. The van der Waals surface area contributed by atoms with Crippen LogP contribution in [-0.4, -0.2) is 22.6 Å². The fraction of sp³-hybridized carbons (Fsp3) is 0.346. The van der Waals surface area contributed by atoms with Crippen LogP contribution in [0.25, 0.3) is 6.08 Å². The number of carbonyl (C=O) groups is 1. The summed E-state index contributed by atoms with van der Waals surface area (Å²) in [6, 6.07) is 15.4. The Morgan fingerprint density at radius 1 is 1.19 bits per heavy atom. The third-order valence-electron chi connectivity index (χ3n) is 5.58. The number of aliphatic hydroxyl groups excluding tert-OH is 1. The molecule has 3 rings (SSSR count). The number of rotatable bonds is 7. The largest absolute Gasteiger partial charge is 0.396 e. The van der Waals surface area contributed by atoms with Crippen molar-refractivity contribution in [2.75, 3.05) is 6.61 Å². The van der Waals surface area contributed by atoms with Crippen molar-refractivity contribution in [1.82, 2.24) is 10.3 Å². The lowest BCUT2D eigenvalue weighted by atomic mass is 9.87. The third kappa shape index (κ3) is 6.29. The van der Waals surface area contributed by atoms with Crippen LogP contribution in [0.15, 0.2) is 52.6 Å². The second-order valence-electron chi connectivity index (χ2n) is 7.86. The van der Waals surface area contributed by atoms with Crippen LogP contribution >= 0.6 is 15.9 Å². The minimum atomic E-state index is -0.481. The topological polar surface area (TPSA) is 86.0 Å². The average Bonchev–Trinajstić information content (AvgIpc) is 3.27. The summed E-state index contributed by atoms with van der Waals surface area (Å²) < 4.78 is 0.646. The first-order chi connectivity index (χ1) is 15.6. The Balaban J connectivity index is 1.76. The molecule has 6 heteroatoms. The molecule has 1 aromatic heterocycles. The van der Waals surface area contributed by atoms with Crippen LogP contribution < -0.4 is 5.32 Å². The normalized spacial score (nSPS) is 14.8. The number of halogens is 1. The van der Waals surface area contributed by atoms with Crippen molar-refractivity contribution in [3.8, 4) is 17.9 Å². The van der Waals surface area contributed by atoms with E-state index in [9.17, 15) is 10.1 Å². The van der Waals surface area contributed by atoms with E-state index in [1.165, 1.54) is 6.08 Å². The van der Waals surface area contributed by atoms with Gasteiger partial charge in [0.25, 0.3) is 5.91 Å². The Hall–Kier alpha value is -2.93. The summed E-state index contributed by atoms with van der Waals surface area (Å²) >= 11 is 3.31. The van der Waals surface area contributed by atoms with Crippen molar-refractivity contribution in [2.24, 2.45) is 0 Å². The Labute approximate surface area is 197 Å². The lowest BCUT2D eigenvalue weighted by Crippen LogP contribution is -2.44. The molecule has 1 aliphatic rings. The molecule has 32 heavy (non-hydrogen) atoms. The van der Waals surface area contributed by atoms with Crippen LogP contribution in [0.3, 0.4) is 0 Å². The number of unbranched alkanes of at least 4 members (excludes halogenated alkanes) is 2. The fourth-order valence-corrected chi connectivity index (χ4v) is 4.27. The van der Waals surface area contributed by atoms with Gasteiger partial charge in [-0.3, -0.25) is 4.79 Å². The Kier molecular flexibility index (Phi) is 8.62. The number of nitrogens with one attached hydrogen (secondary N) is 1. The van der Waals surface area contributed by atoms with Crippen LogP contribution in [0.4, 0.5) is 0 Å². The first-order valence-corrected chi connectivity index (χ1v) is 11.6. The number of pyridine rings is 1. The molecule has 1 heterocycles. The molecule has 0 aliphatic heterocycles. The van der Waals surface area contributed by atoms with Gasteiger partial charge >= 0.3 is 0 Å². The van der Waals surface area contributed by atoms with Gasteiger partial charge in [0.1, 0.15) is 16.2 Å². The summed E-state index contributed by atoms with van der Waals surface area (Å²) in [4.78, 5) is 17.3. The van der Waals surface area contributed by atoms with E-state index in [1.54, 1.807) is 12.1 Å². The van der Waals surface area contributed by atoms with Crippen LogP contribution in [0, 0.1) is 23.2 Å². The van der Waals surface area contributed by atoms with E-state index in [0.717, 1.165) is 56.1 Å². The maximum absolute atomic E-state index is 13.0. The standard InChI is InChI=1S/C26H26BrN3O2/c27-24-10-7-9-23(29-24)18-21(19-28)25(32)30-26(15-4-5-16-26)22-13-11-20(12-14-22)8-3-1-2-6-17-31/h7,9-14,18,31H,1-2,4-6,15-17H2,(H,30,32)/b21-18+. The molecule has 0 unspecified atom stereocenters. The van der Waals surface area contributed by atoms with Gasteiger partial charge in [-0.25, -0.2) is 4.98 Å². The van der Waals surface area contributed by atoms with Crippen molar-refractivity contribution >= 4 is 27.9 Å². The predicted octanol–water partition coefficient (Wildman–Crippen LogP) is 4.85. The van der Waals surface area contributed by atoms with Gasteiger partial charge in [-0.1, -0.05) is 42.9 Å². The van der Waals surface area contributed by atoms with Gasteiger partial charge in [-0.05, 0) is 77.5 Å². The van der Waals surface area contributed by atoms with E-state index in [1.807, 2.05) is 36.4 Å². The Morgan fingerprint density at radius 2 is 1.94 bits per heavy atom. The highest BCUT2D eigenvalue weighted by Crippen LogP contribution is 2.39. The van der Waals surface area contributed by atoms with E-state index in [-0.39, 0.29) is 18.1 Å². The maximum Gasteiger partial charge on any atom is 0.262 e. The number of nitrogens with zero attached hydrogens (tertiary/aromatic N) is 2. The zero-order chi connectivity index (χ0) is 22.8. The van der Waals surface area contributed by atoms with Gasteiger partial charge in [0.15, 0.2) is 0 Å². The van der Waals surface area contributed by atoms with E-state index in [0.29, 0.717) is 10.3 Å². The van der Waals surface area contributed by atoms with Crippen LogP contribution in [0.2, 0.25) is 0 Å². The number of carbonyl (C=O) groups excluding carboxylic acids is 1. The molecule has 0 bridgehead atoms. The number of amides is 1. The van der Waals surface area contributed by atoms with Crippen LogP contribution in [0.5, 0.6) is 0 Å². The molecule has 2 N–H and O–H groups in total. The maximum atomic E-state index is 13.0. The fourth-order valence-electron chi connectivity index (χ4n) is 3.91. The summed E-state index contributed by atoms with van der Waals surface area (Å²) in [6.45, 7) is 0.201. The van der Waals surface area contributed by atoms with Gasteiger partial charge in [0.05, 0.1) is 11.2 Å². The number of aliphatic hydroxyl groups is 1. The number of hydrogen-bond acceptors (Lipinski definition) is 4. The predicted molar refractivity (Wildman–Crippen MR) is 128 cm³/mol. The van der Waals surface area contributed by atoms with E-state index in [2.05, 4.69) is 38.1 Å². The zero-order valence-electron chi connectivity index (χ0n) is 17.9. The summed E-state index contributed by atoms with van der Waals surface area (Å²) in [6.07, 6.45) is 7.64. The van der Waals surface area contributed by atoms with Crippen molar-refractivity contribution in [1.29, 1.82) is 5.26 Å². The van der Waals surface area contributed by atoms with Crippen molar-refractivity contribution < 1.29 is 9.90 Å². The summed E-state index contributed by atoms with van der Waals surface area (Å²) in [7, 11) is 0. The lowest BCUT2D eigenvalue weighted by Gasteiger charge is -2.31. The van der Waals surface area contributed by atoms with E-state index in [4.69, 9.17) is 5.11 Å². The third-order valence-corrected chi connectivity index (χ3v) is 6.03. The molecule has 1 saturated carbocycles. The molecular weight excluding hydrogens is 466 g/mol. The molecule has 0 saturated heterocycles. The van der Waals surface area contributed by atoms with Crippen LogP contribution in [0.1, 0.15) is 61.8 Å². The van der Waals surface area contributed by atoms with Gasteiger partial charge < -0.3 is 10.4 Å². The molecular formula is C26H26BrN3O2. The minimum absolute atomic E-state index is 0.0345. The smallest absolute Gasteiger partial charge is 0.262 e. The second kappa shape index (κ2) is 11.6. The molecule has 1 aromatic carbocycles. The summed E-state index contributed by atoms with van der Waals surface area (Å²) in [5.41, 5.74) is 2.06. The minimum Gasteiger partial charge on any atom is -0.396 e. The Bertz CT molecular complexity index is 1070. The molecule has 0 atom stereocenters. The quantitative estimate of drug-likeness (QED) is 0.190. The van der Waals surface area contributed by atoms with Gasteiger partial charge in [-0.15, -0.1) is 0 Å². The monoisotopic (exact) mass is 491 g/mol. The van der Waals surface area contributed by atoms with Gasteiger partial charge in [0, 0.05) is 18.6 Å². The summed E-state index contributed by atoms with van der Waals surface area (Å²) in [5.74, 6) is 5.90. The first kappa shape index (κ1) is 23.7. The van der Waals surface area contributed by atoms with Crippen molar-refractivity contribution in [3.63, 3.8) is 0 Å². The number of aromatic nitrogens is 1. The molecule has 0 spiro atoms. The molecule has 2 aromatic rings. The molecule has 1 fully saturated rings. The summed E-state index contributed by atoms with van der Waals surface area (Å²) in [5, 5.41) is 21.6. The lowest BCUT2D eigenvalue weighted by molar-refractivity contribution is -0.119. The molecule has 164 valence electrons. The molecule has 1 amide bonds. The molecule has 5 nitrogen and oxygen atoms in total. The number of benzene rings is 1. The van der Waals surface area contributed by atoms with E-state index < -0.39 is 5.54 Å². The average molecular weight is 492 g/mol. The number of hydrogen-bond donors (Lipinski definition) is 2. The highest BCUT2D eigenvalue weighted by Gasteiger charge is 2.37. The number of nitriles is 1. The van der Waals surface area contributed by atoms with E-state index >= 15 is 0 Å². The Morgan fingerprint density at radius 3 is 2.59 bits per heavy atom. The van der Waals surface area contributed by atoms with Crippen molar-refractivity contribution in [2.45, 2.75) is 50.5 Å². The van der Waals surface area contributed by atoms with Gasteiger partial charge in [0.2, 0.25) is 0 Å². The SMILES string of the molecule is N#C/C(=C\c1cccc(Br)n1)C(=O)NC1(c2ccc(C#CCCCCO)cc2)CCCC1.